The molecule has 2 aromatic rings. The maximum Gasteiger partial charge on any atom is 0.248 e. The van der Waals surface area contributed by atoms with Crippen LogP contribution in [0.2, 0.25) is 5.02 Å². The van der Waals surface area contributed by atoms with Crippen LogP contribution in [-0.2, 0) is 4.79 Å². The summed E-state index contributed by atoms with van der Waals surface area (Å²) in [5.74, 6) is -0.133. The summed E-state index contributed by atoms with van der Waals surface area (Å²) < 4.78 is 0. The van der Waals surface area contributed by atoms with Crippen LogP contribution in [0.25, 0.3) is 6.08 Å². The first kappa shape index (κ1) is 15.6. The van der Waals surface area contributed by atoms with Crippen LogP contribution in [0, 0.1) is 0 Å². The minimum Gasteiger partial charge on any atom is -0.370 e. The maximum atomic E-state index is 12.2. The molecule has 1 N–H and O–H groups in total. The van der Waals surface area contributed by atoms with Gasteiger partial charge in [-0.3, -0.25) is 4.79 Å². The van der Waals surface area contributed by atoms with Gasteiger partial charge in [-0.1, -0.05) is 35.9 Å². The summed E-state index contributed by atoms with van der Waals surface area (Å²) >= 11 is 5.85. The second-order valence-corrected chi connectivity index (χ2v) is 6.02. The number of amides is 1. The van der Waals surface area contributed by atoms with Crippen molar-refractivity contribution in [2.45, 2.75) is 12.8 Å². The Labute approximate surface area is 141 Å². The normalized spacial score (nSPS) is 14.4. The zero-order valence-electron chi connectivity index (χ0n) is 12.8. The third-order valence-electron chi connectivity index (χ3n) is 3.91. The van der Waals surface area contributed by atoms with E-state index < -0.39 is 0 Å². The molecular formula is C19H19ClN2O. The van der Waals surface area contributed by atoms with Crippen molar-refractivity contribution in [3.63, 3.8) is 0 Å². The quantitative estimate of drug-likeness (QED) is 0.833. The van der Waals surface area contributed by atoms with Gasteiger partial charge in [0.25, 0.3) is 0 Å². The number of carbonyl (C=O) groups is 1. The molecule has 1 heterocycles. The first-order chi connectivity index (χ1) is 11.2. The van der Waals surface area contributed by atoms with E-state index in [0.29, 0.717) is 5.02 Å². The Balaban J connectivity index is 1.69. The Kier molecular flexibility index (Phi) is 4.99. The third-order valence-corrected chi connectivity index (χ3v) is 4.16. The topological polar surface area (TPSA) is 32.3 Å². The predicted octanol–water partition coefficient (Wildman–Crippen LogP) is 4.59. The zero-order chi connectivity index (χ0) is 16.1. The third kappa shape index (κ3) is 4.14. The molecule has 0 radical (unpaired) electrons. The predicted molar refractivity (Wildman–Crippen MR) is 97.0 cm³/mol. The smallest absolute Gasteiger partial charge is 0.248 e. The van der Waals surface area contributed by atoms with Gasteiger partial charge in [-0.25, -0.2) is 0 Å². The standard InChI is InChI=1S/C19H19ClN2O/c20-16-10-7-15(8-11-16)9-12-19(23)21-17-5-1-2-6-18(17)22-13-3-4-14-22/h1-2,5-12H,3-4,13-14H2,(H,21,23)/b12-9+. The van der Waals surface area contributed by atoms with Crippen molar-refractivity contribution in [2.24, 2.45) is 0 Å². The first-order valence-corrected chi connectivity index (χ1v) is 8.19. The molecule has 1 aliphatic rings. The fourth-order valence-corrected chi connectivity index (χ4v) is 2.86. The Bertz CT molecular complexity index is 704. The highest BCUT2D eigenvalue weighted by atomic mass is 35.5. The molecular weight excluding hydrogens is 308 g/mol. The van der Waals surface area contributed by atoms with Gasteiger partial charge in [0.05, 0.1) is 11.4 Å². The molecule has 0 atom stereocenters. The summed E-state index contributed by atoms with van der Waals surface area (Å²) in [5, 5.41) is 3.66. The van der Waals surface area contributed by atoms with Crippen LogP contribution in [0.1, 0.15) is 18.4 Å². The molecule has 2 aromatic carbocycles. The second-order valence-electron chi connectivity index (χ2n) is 5.59. The summed E-state index contributed by atoms with van der Waals surface area (Å²) in [7, 11) is 0. The number of carbonyl (C=O) groups excluding carboxylic acids is 1. The molecule has 3 nitrogen and oxygen atoms in total. The SMILES string of the molecule is O=C(/C=C/c1ccc(Cl)cc1)Nc1ccccc1N1CCCC1. The number of anilines is 2. The average Bonchev–Trinajstić information content (AvgIpc) is 3.09. The lowest BCUT2D eigenvalue weighted by Gasteiger charge is -2.21. The van der Waals surface area contributed by atoms with Gasteiger partial charge in [0.15, 0.2) is 0 Å². The molecule has 4 heteroatoms. The minimum absolute atomic E-state index is 0.133. The summed E-state index contributed by atoms with van der Waals surface area (Å²) in [5.41, 5.74) is 2.90. The summed E-state index contributed by atoms with van der Waals surface area (Å²) in [6, 6.07) is 15.3. The lowest BCUT2D eigenvalue weighted by molar-refractivity contribution is -0.111. The molecule has 118 valence electrons. The molecule has 1 amide bonds. The van der Waals surface area contributed by atoms with Crippen LogP contribution >= 0.6 is 11.6 Å². The number of nitrogens with zero attached hydrogens (tertiary/aromatic N) is 1. The highest BCUT2D eigenvalue weighted by Gasteiger charge is 2.15. The van der Waals surface area contributed by atoms with Crippen molar-refractivity contribution in [3.8, 4) is 0 Å². The summed E-state index contributed by atoms with van der Waals surface area (Å²) in [6.45, 7) is 2.10. The second kappa shape index (κ2) is 7.34. The van der Waals surface area contributed by atoms with Crippen molar-refractivity contribution < 1.29 is 4.79 Å². The van der Waals surface area contributed by atoms with Crippen LogP contribution in [0.4, 0.5) is 11.4 Å². The monoisotopic (exact) mass is 326 g/mol. The van der Waals surface area contributed by atoms with Crippen LogP contribution in [-0.4, -0.2) is 19.0 Å². The van der Waals surface area contributed by atoms with Gasteiger partial charge in [-0.2, -0.15) is 0 Å². The molecule has 0 aliphatic carbocycles. The van der Waals surface area contributed by atoms with Crippen LogP contribution < -0.4 is 10.2 Å². The molecule has 1 aliphatic heterocycles. The van der Waals surface area contributed by atoms with Gasteiger partial charge in [0.1, 0.15) is 0 Å². The molecule has 0 aromatic heterocycles. The van der Waals surface area contributed by atoms with Crippen LogP contribution in [0.3, 0.4) is 0 Å². The van der Waals surface area contributed by atoms with Gasteiger partial charge in [0, 0.05) is 24.2 Å². The van der Waals surface area contributed by atoms with Crippen molar-refractivity contribution in [1.29, 1.82) is 0 Å². The van der Waals surface area contributed by atoms with Gasteiger partial charge in [0.2, 0.25) is 5.91 Å². The van der Waals surface area contributed by atoms with Crippen molar-refractivity contribution in [1.82, 2.24) is 0 Å². The van der Waals surface area contributed by atoms with E-state index in [1.807, 2.05) is 42.5 Å². The van der Waals surface area contributed by atoms with Gasteiger partial charge < -0.3 is 10.2 Å². The van der Waals surface area contributed by atoms with E-state index in [-0.39, 0.29) is 5.91 Å². The van der Waals surface area contributed by atoms with E-state index in [1.54, 1.807) is 12.2 Å². The summed E-state index contributed by atoms with van der Waals surface area (Å²) in [6.07, 6.45) is 5.74. The average molecular weight is 327 g/mol. The van der Waals surface area contributed by atoms with Crippen LogP contribution in [0.5, 0.6) is 0 Å². The Hall–Kier alpha value is -2.26. The number of hydrogen-bond donors (Lipinski definition) is 1. The molecule has 3 rings (SSSR count). The van der Waals surface area contributed by atoms with Crippen molar-refractivity contribution in [3.05, 3.63) is 65.2 Å². The Morgan fingerprint density at radius 2 is 1.74 bits per heavy atom. The maximum absolute atomic E-state index is 12.2. The lowest BCUT2D eigenvalue weighted by atomic mass is 10.2. The number of para-hydroxylation sites is 2. The first-order valence-electron chi connectivity index (χ1n) is 7.81. The van der Waals surface area contributed by atoms with E-state index in [0.717, 1.165) is 30.0 Å². The van der Waals surface area contributed by atoms with Crippen molar-refractivity contribution >= 4 is 35.0 Å². The van der Waals surface area contributed by atoms with Gasteiger partial charge in [-0.15, -0.1) is 0 Å². The minimum atomic E-state index is -0.133. The largest absolute Gasteiger partial charge is 0.370 e. The van der Waals surface area contributed by atoms with Gasteiger partial charge in [-0.05, 0) is 48.7 Å². The number of hydrogen-bond acceptors (Lipinski definition) is 2. The molecule has 0 bridgehead atoms. The van der Waals surface area contributed by atoms with E-state index in [2.05, 4.69) is 16.3 Å². The Morgan fingerprint density at radius 1 is 1.04 bits per heavy atom. The number of nitrogens with one attached hydrogen (secondary N) is 1. The molecule has 0 spiro atoms. The lowest BCUT2D eigenvalue weighted by Crippen LogP contribution is -2.20. The van der Waals surface area contributed by atoms with E-state index in [1.165, 1.54) is 12.8 Å². The fraction of sp³-hybridized carbons (Fsp3) is 0.211. The van der Waals surface area contributed by atoms with E-state index in [4.69, 9.17) is 11.6 Å². The molecule has 0 unspecified atom stereocenters. The highest BCUT2D eigenvalue weighted by molar-refractivity contribution is 6.30. The number of halogens is 1. The molecule has 1 fully saturated rings. The molecule has 23 heavy (non-hydrogen) atoms. The zero-order valence-corrected chi connectivity index (χ0v) is 13.6. The molecule has 1 saturated heterocycles. The molecule has 0 saturated carbocycles. The van der Waals surface area contributed by atoms with Crippen molar-refractivity contribution in [2.75, 3.05) is 23.3 Å². The van der Waals surface area contributed by atoms with Gasteiger partial charge >= 0.3 is 0 Å². The highest BCUT2D eigenvalue weighted by Crippen LogP contribution is 2.28. The number of benzene rings is 2. The Morgan fingerprint density at radius 3 is 2.48 bits per heavy atom. The van der Waals surface area contributed by atoms with E-state index >= 15 is 0 Å². The van der Waals surface area contributed by atoms with E-state index in [9.17, 15) is 4.79 Å². The van der Waals surface area contributed by atoms with Crippen LogP contribution in [0.15, 0.2) is 54.6 Å². The number of rotatable bonds is 4. The fourth-order valence-electron chi connectivity index (χ4n) is 2.73. The summed E-state index contributed by atoms with van der Waals surface area (Å²) in [4.78, 5) is 14.5.